The largest absolute Gasteiger partial charge is 0.497 e. The number of methoxy groups -OCH3 is 1. The minimum atomic E-state index is -0.245. The van der Waals surface area contributed by atoms with Gasteiger partial charge in [-0.15, -0.1) is 0 Å². The van der Waals surface area contributed by atoms with E-state index in [9.17, 15) is 4.79 Å². The van der Waals surface area contributed by atoms with E-state index in [1.165, 1.54) is 12.5 Å². The molecule has 1 aromatic carbocycles. The summed E-state index contributed by atoms with van der Waals surface area (Å²) in [5.74, 6) is 1.25. The van der Waals surface area contributed by atoms with Crippen LogP contribution in [-0.4, -0.2) is 36.1 Å². The third-order valence-electron chi connectivity index (χ3n) is 2.53. The Kier molecular flexibility index (Phi) is 4.88. The molecule has 6 nitrogen and oxygen atoms in total. The molecule has 0 radical (unpaired) electrons. The van der Waals surface area contributed by atoms with Crippen LogP contribution in [0.2, 0.25) is 0 Å². The SMILES string of the molecule is COc1ccc(OCCNC(=O)c2ccncn2)cc1. The number of ether oxygens (including phenoxy) is 2. The topological polar surface area (TPSA) is 73.3 Å². The van der Waals surface area contributed by atoms with Gasteiger partial charge in [0.2, 0.25) is 0 Å². The highest BCUT2D eigenvalue weighted by Crippen LogP contribution is 2.16. The van der Waals surface area contributed by atoms with Gasteiger partial charge >= 0.3 is 0 Å². The number of aromatic nitrogens is 2. The summed E-state index contributed by atoms with van der Waals surface area (Å²) >= 11 is 0. The number of rotatable bonds is 6. The summed E-state index contributed by atoms with van der Waals surface area (Å²) in [4.78, 5) is 19.3. The average molecular weight is 273 g/mol. The van der Waals surface area contributed by atoms with Crippen molar-refractivity contribution in [3.05, 3.63) is 48.5 Å². The Balaban J connectivity index is 1.72. The zero-order valence-corrected chi connectivity index (χ0v) is 11.1. The fourth-order valence-corrected chi connectivity index (χ4v) is 1.52. The first-order chi connectivity index (χ1) is 9.79. The van der Waals surface area contributed by atoms with Gasteiger partial charge in [0.25, 0.3) is 5.91 Å². The fraction of sp³-hybridized carbons (Fsp3) is 0.214. The van der Waals surface area contributed by atoms with Gasteiger partial charge in [-0.1, -0.05) is 0 Å². The monoisotopic (exact) mass is 273 g/mol. The Morgan fingerprint density at radius 3 is 2.60 bits per heavy atom. The highest BCUT2D eigenvalue weighted by Gasteiger charge is 2.05. The van der Waals surface area contributed by atoms with E-state index in [1.807, 2.05) is 24.3 Å². The molecule has 0 atom stereocenters. The van der Waals surface area contributed by atoms with Gasteiger partial charge in [0.1, 0.15) is 30.1 Å². The van der Waals surface area contributed by atoms with Crippen LogP contribution in [-0.2, 0) is 0 Å². The molecule has 0 aliphatic rings. The van der Waals surface area contributed by atoms with E-state index >= 15 is 0 Å². The van der Waals surface area contributed by atoms with Crippen molar-refractivity contribution in [2.45, 2.75) is 0 Å². The first kappa shape index (κ1) is 13.8. The molecule has 0 spiro atoms. The fourth-order valence-electron chi connectivity index (χ4n) is 1.52. The highest BCUT2D eigenvalue weighted by atomic mass is 16.5. The van der Waals surface area contributed by atoms with Crippen molar-refractivity contribution in [1.82, 2.24) is 15.3 Å². The van der Waals surface area contributed by atoms with Crippen LogP contribution in [0.25, 0.3) is 0 Å². The van der Waals surface area contributed by atoms with Crippen molar-refractivity contribution in [2.75, 3.05) is 20.3 Å². The number of hydrogen-bond acceptors (Lipinski definition) is 5. The molecule has 0 unspecified atom stereocenters. The van der Waals surface area contributed by atoms with Gasteiger partial charge in [-0.3, -0.25) is 4.79 Å². The van der Waals surface area contributed by atoms with Gasteiger partial charge in [-0.25, -0.2) is 9.97 Å². The third-order valence-corrected chi connectivity index (χ3v) is 2.53. The number of nitrogens with zero attached hydrogens (tertiary/aromatic N) is 2. The van der Waals surface area contributed by atoms with Crippen LogP contribution >= 0.6 is 0 Å². The number of nitrogens with one attached hydrogen (secondary N) is 1. The van der Waals surface area contributed by atoms with E-state index in [0.29, 0.717) is 18.8 Å². The van der Waals surface area contributed by atoms with E-state index in [2.05, 4.69) is 15.3 Å². The smallest absolute Gasteiger partial charge is 0.270 e. The normalized spacial score (nSPS) is 9.85. The van der Waals surface area contributed by atoms with Crippen molar-refractivity contribution in [1.29, 1.82) is 0 Å². The minimum Gasteiger partial charge on any atom is -0.497 e. The molecular formula is C14H15N3O3. The lowest BCUT2D eigenvalue weighted by Gasteiger charge is -2.08. The summed E-state index contributed by atoms with van der Waals surface area (Å²) in [5, 5.41) is 2.71. The molecule has 1 aromatic heterocycles. The van der Waals surface area contributed by atoms with Crippen molar-refractivity contribution < 1.29 is 14.3 Å². The number of benzene rings is 1. The molecule has 0 bridgehead atoms. The number of carbonyl (C=O) groups is 1. The Labute approximate surface area is 116 Å². The molecule has 104 valence electrons. The standard InChI is InChI=1S/C14H15N3O3/c1-19-11-2-4-12(5-3-11)20-9-8-16-14(18)13-6-7-15-10-17-13/h2-7,10H,8-9H2,1H3,(H,16,18). The Morgan fingerprint density at radius 2 is 1.95 bits per heavy atom. The summed E-state index contributed by atoms with van der Waals surface area (Å²) in [7, 11) is 1.61. The maximum absolute atomic E-state index is 11.7. The third kappa shape index (κ3) is 3.94. The van der Waals surface area contributed by atoms with Crippen LogP contribution in [0.4, 0.5) is 0 Å². The number of amides is 1. The Bertz CT molecular complexity index is 543. The molecule has 0 fully saturated rings. The molecule has 0 saturated heterocycles. The predicted molar refractivity (Wildman–Crippen MR) is 72.9 cm³/mol. The predicted octanol–water partition coefficient (Wildman–Crippen LogP) is 1.29. The zero-order chi connectivity index (χ0) is 14.2. The van der Waals surface area contributed by atoms with E-state index in [-0.39, 0.29) is 5.91 Å². The summed E-state index contributed by atoms with van der Waals surface area (Å²) in [6.07, 6.45) is 2.86. The first-order valence-corrected chi connectivity index (χ1v) is 6.10. The average Bonchev–Trinajstić information content (AvgIpc) is 2.53. The summed E-state index contributed by atoms with van der Waals surface area (Å²) in [6, 6.07) is 8.80. The van der Waals surface area contributed by atoms with Gasteiger partial charge in [0.15, 0.2) is 0 Å². The maximum atomic E-state index is 11.7. The summed E-state index contributed by atoms with van der Waals surface area (Å²) < 4.78 is 10.5. The molecule has 2 rings (SSSR count). The van der Waals surface area contributed by atoms with Gasteiger partial charge in [-0.2, -0.15) is 0 Å². The van der Waals surface area contributed by atoms with Crippen LogP contribution in [0, 0.1) is 0 Å². The summed E-state index contributed by atoms with van der Waals surface area (Å²) in [6.45, 7) is 0.776. The van der Waals surface area contributed by atoms with Crippen molar-refractivity contribution in [3.8, 4) is 11.5 Å². The van der Waals surface area contributed by atoms with Gasteiger partial charge in [-0.05, 0) is 30.3 Å². The molecule has 0 saturated carbocycles. The van der Waals surface area contributed by atoms with E-state index in [0.717, 1.165) is 11.5 Å². The van der Waals surface area contributed by atoms with Crippen molar-refractivity contribution in [3.63, 3.8) is 0 Å². The lowest BCUT2D eigenvalue weighted by Crippen LogP contribution is -2.28. The molecular weight excluding hydrogens is 258 g/mol. The van der Waals surface area contributed by atoms with E-state index in [1.54, 1.807) is 13.2 Å². The van der Waals surface area contributed by atoms with Gasteiger partial charge in [0.05, 0.1) is 13.7 Å². The van der Waals surface area contributed by atoms with Crippen LogP contribution in [0.3, 0.4) is 0 Å². The van der Waals surface area contributed by atoms with E-state index in [4.69, 9.17) is 9.47 Å². The van der Waals surface area contributed by atoms with Crippen LogP contribution in [0.15, 0.2) is 42.9 Å². The molecule has 0 aliphatic carbocycles. The number of carbonyl (C=O) groups excluding carboxylic acids is 1. The van der Waals surface area contributed by atoms with Crippen molar-refractivity contribution in [2.24, 2.45) is 0 Å². The molecule has 1 N–H and O–H groups in total. The van der Waals surface area contributed by atoms with Crippen molar-refractivity contribution >= 4 is 5.91 Å². The Hall–Kier alpha value is -2.63. The zero-order valence-electron chi connectivity index (χ0n) is 11.1. The van der Waals surface area contributed by atoms with Crippen LogP contribution < -0.4 is 14.8 Å². The van der Waals surface area contributed by atoms with Crippen LogP contribution in [0.1, 0.15) is 10.5 Å². The molecule has 0 aliphatic heterocycles. The maximum Gasteiger partial charge on any atom is 0.270 e. The summed E-state index contributed by atoms with van der Waals surface area (Å²) in [5.41, 5.74) is 0.337. The van der Waals surface area contributed by atoms with Gasteiger partial charge < -0.3 is 14.8 Å². The molecule has 20 heavy (non-hydrogen) atoms. The van der Waals surface area contributed by atoms with Crippen LogP contribution in [0.5, 0.6) is 11.5 Å². The quantitative estimate of drug-likeness (QED) is 0.803. The second-order valence-corrected chi connectivity index (χ2v) is 3.87. The Morgan fingerprint density at radius 1 is 1.20 bits per heavy atom. The second kappa shape index (κ2) is 7.08. The van der Waals surface area contributed by atoms with E-state index < -0.39 is 0 Å². The molecule has 2 aromatic rings. The van der Waals surface area contributed by atoms with Gasteiger partial charge in [0, 0.05) is 6.20 Å². The molecule has 1 heterocycles. The molecule has 1 amide bonds. The number of hydrogen-bond donors (Lipinski definition) is 1. The first-order valence-electron chi connectivity index (χ1n) is 6.10. The second-order valence-electron chi connectivity index (χ2n) is 3.87. The molecule has 6 heteroatoms. The minimum absolute atomic E-state index is 0.245. The lowest BCUT2D eigenvalue weighted by atomic mass is 10.3. The lowest BCUT2D eigenvalue weighted by molar-refractivity contribution is 0.0942. The highest BCUT2D eigenvalue weighted by molar-refractivity contribution is 5.91.